The molecule has 0 saturated carbocycles. The molecule has 0 aliphatic carbocycles. The van der Waals surface area contributed by atoms with Crippen molar-refractivity contribution in [1.82, 2.24) is 4.57 Å². The van der Waals surface area contributed by atoms with E-state index in [1.165, 1.54) is 0 Å². The molecule has 1 heterocycles. The molecule has 0 bridgehead atoms. The molecule has 1 rings (SSSR count). The van der Waals surface area contributed by atoms with E-state index in [0.29, 0.717) is 5.92 Å². The lowest BCUT2D eigenvalue weighted by molar-refractivity contribution is 0.528. The zero-order valence-corrected chi connectivity index (χ0v) is 8.92. The third-order valence-electron chi connectivity index (χ3n) is 2.00. The van der Waals surface area contributed by atoms with Crippen molar-refractivity contribution in [3.05, 3.63) is 34.2 Å². The molecule has 0 aliphatic rings. The lowest BCUT2D eigenvalue weighted by Gasteiger charge is -2.11. The van der Waals surface area contributed by atoms with Crippen molar-refractivity contribution in [2.75, 3.05) is 5.75 Å². The zero-order chi connectivity index (χ0) is 9.84. The normalized spacial score (nSPS) is 12.8. The molecule has 1 aromatic heterocycles. The van der Waals surface area contributed by atoms with E-state index in [1.54, 1.807) is 6.07 Å². The van der Waals surface area contributed by atoms with Gasteiger partial charge in [0, 0.05) is 30.6 Å². The van der Waals surface area contributed by atoms with E-state index in [2.05, 4.69) is 19.6 Å². The number of hydrogen-bond donors (Lipinski definition) is 1. The van der Waals surface area contributed by atoms with Gasteiger partial charge >= 0.3 is 0 Å². The predicted molar refractivity (Wildman–Crippen MR) is 58.5 cm³/mol. The second kappa shape index (κ2) is 4.51. The van der Waals surface area contributed by atoms with Crippen LogP contribution in [0, 0.1) is 12.8 Å². The maximum absolute atomic E-state index is 11.1. The standard InChI is InChI=1S/C10H15NOS/c1-8(7-13)5-11-4-3-10(12)9(2)6-11/h3-4,6,8,13H,5,7H2,1-2H3. The number of aryl methyl sites for hydroxylation is 1. The molecule has 72 valence electrons. The Bertz CT molecular complexity index is 332. The number of nitrogens with zero attached hydrogens (tertiary/aromatic N) is 1. The maximum atomic E-state index is 11.1. The van der Waals surface area contributed by atoms with Crippen LogP contribution in [-0.4, -0.2) is 10.3 Å². The van der Waals surface area contributed by atoms with Gasteiger partial charge in [-0.2, -0.15) is 12.6 Å². The second-order valence-electron chi connectivity index (χ2n) is 3.48. The summed E-state index contributed by atoms with van der Waals surface area (Å²) < 4.78 is 2.04. The summed E-state index contributed by atoms with van der Waals surface area (Å²) in [4.78, 5) is 11.1. The first kappa shape index (κ1) is 10.4. The van der Waals surface area contributed by atoms with Gasteiger partial charge in [-0.3, -0.25) is 4.79 Å². The van der Waals surface area contributed by atoms with E-state index in [1.807, 2.05) is 23.9 Å². The molecule has 2 nitrogen and oxygen atoms in total. The van der Waals surface area contributed by atoms with Crippen LogP contribution in [0.2, 0.25) is 0 Å². The summed E-state index contributed by atoms with van der Waals surface area (Å²) >= 11 is 4.22. The Hall–Kier alpha value is -0.700. The van der Waals surface area contributed by atoms with Crippen molar-refractivity contribution in [2.24, 2.45) is 5.92 Å². The van der Waals surface area contributed by atoms with Gasteiger partial charge in [-0.1, -0.05) is 6.92 Å². The molecule has 3 heteroatoms. The first-order valence-corrected chi connectivity index (χ1v) is 5.04. The van der Waals surface area contributed by atoms with E-state index in [0.717, 1.165) is 17.9 Å². The van der Waals surface area contributed by atoms with Gasteiger partial charge in [-0.15, -0.1) is 0 Å². The average Bonchev–Trinajstić information content (AvgIpc) is 2.11. The summed E-state index contributed by atoms with van der Waals surface area (Å²) in [5, 5.41) is 0. The van der Waals surface area contributed by atoms with Gasteiger partial charge in [0.1, 0.15) is 0 Å². The van der Waals surface area contributed by atoms with E-state index >= 15 is 0 Å². The Balaban J connectivity index is 2.79. The van der Waals surface area contributed by atoms with Gasteiger partial charge in [0.15, 0.2) is 5.43 Å². The van der Waals surface area contributed by atoms with Crippen molar-refractivity contribution in [3.8, 4) is 0 Å². The third-order valence-corrected chi connectivity index (χ3v) is 2.62. The molecule has 0 saturated heterocycles. The molecule has 0 amide bonds. The molecule has 0 spiro atoms. The summed E-state index contributed by atoms with van der Waals surface area (Å²) in [6.45, 7) is 4.90. The highest BCUT2D eigenvalue weighted by Crippen LogP contribution is 2.02. The molecule has 0 aliphatic heterocycles. The summed E-state index contributed by atoms with van der Waals surface area (Å²) in [5.41, 5.74) is 0.906. The van der Waals surface area contributed by atoms with Gasteiger partial charge in [0.05, 0.1) is 0 Å². The van der Waals surface area contributed by atoms with Gasteiger partial charge in [0.25, 0.3) is 0 Å². The largest absolute Gasteiger partial charge is 0.353 e. The maximum Gasteiger partial charge on any atom is 0.184 e. The smallest absolute Gasteiger partial charge is 0.184 e. The molecule has 13 heavy (non-hydrogen) atoms. The minimum atomic E-state index is 0.106. The quantitative estimate of drug-likeness (QED) is 0.732. The van der Waals surface area contributed by atoms with Crippen LogP contribution in [0.1, 0.15) is 12.5 Å². The fourth-order valence-corrected chi connectivity index (χ4v) is 1.30. The van der Waals surface area contributed by atoms with Crippen LogP contribution in [0.25, 0.3) is 0 Å². The number of thiol groups is 1. The first-order chi connectivity index (χ1) is 6.13. The summed E-state index contributed by atoms with van der Waals surface area (Å²) in [7, 11) is 0. The molecule has 1 atom stereocenters. The SMILES string of the molecule is Cc1cn(CC(C)CS)ccc1=O. The third kappa shape index (κ3) is 2.92. The van der Waals surface area contributed by atoms with E-state index < -0.39 is 0 Å². The highest BCUT2D eigenvalue weighted by Gasteiger charge is 2.00. The molecular weight excluding hydrogens is 182 g/mol. The number of rotatable bonds is 3. The summed E-state index contributed by atoms with van der Waals surface area (Å²) in [6.07, 6.45) is 3.72. The minimum Gasteiger partial charge on any atom is -0.353 e. The monoisotopic (exact) mass is 197 g/mol. The molecule has 0 fully saturated rings. The van der Waals surface area contributed by atoms with Gasteiger partial charge < -0.3 is 4.57 Å². The van der Waals surface area contributed by atoms with E-state index in [9.17, 15) is 4.79 Å². The molecule has 1 unspecified atom stereocenters. The van der Waals surface area contributed by atoms with Crippen molar-refractivity contribution < 1.29 is 0 Å². The van der Waals surface area contributed by atoms with Crippen molar-refractivity contribution in [2.45, 2.75) is 20.4 Å². The molecule has 0 aromatic carbocycles. The van der Waals surface area contributed by atoms with Crippen LogP contribution in [-0.2, 0) is 6.54 Å². The average molecular weight is 197 g/mol. The van der Waals surface area contributed by atoms with Crippen LogP contribution in [0.3, 0.4) is 0 Å². The Morgan fingerprint density at radius 1 is 1.62 bits per heavy atom. The summed E-state index contributed by atoms with van der Waals surface area (Å²) in [6, 6.07) is 1.61. The van der Waals surface area contributed by atoms with Crippen LogP contribution >= 0.6 is 12.6 Å². The Morgan fingerprint density at radius 2 is 2.31 bits per heavy atom. The van der Waals surface area contributed by atoms with Crippen LogP contribution in [0.5, 0.6) is 0 Å². The Morgan fingerprint density at radius 3 is 2.85 bits per heavy atom. The topological polar surface area (TPSA) is 22.0 Å². The Labute approximate surface area is 84.0 Å². The van der Waals surface area contributed by atoms with E-state index in [4.69, 9.17) is 0 Å². The fraction of sp³-hybridized carbons (Fsp3) is 0.500. The number of aromatic nitrogens is 1. The zero-order valence-electron chi connectivity index (χ0n) is 8.03. The van der Waals surface area contributed by atoms with Crippen LogP contribution in [0.15, 0.2) is 23.3 Å². The lowest BCUT2D eigenvalue weighted by atomic mass is 10.2. The summed E-state index contributed by atoms with van der Waals surface area (Å²) in [5.74, 6) is 1.40. The van der Waals surface area contributed by atoms with Gasteiger partial charge in [-0.25, -0.2) is 0 Å². The fourth-order valence-electron chi connectivity index (χ4n) is 1.18. The van der Waals surface area contributed by atoms with Crippen LogP contribution < -0.4 is 5.43 Å². The lowest BCUT2D eigenvalue weighted by Crippen LogP contribution is -2.13. The molecule has 0 radical (unpaired) electrons. The predicted octanol–water partition coefficient (Wildman–Crippen LogP) is 1.72. The van der Waals surface area contributed by atoms with Crippen molar-refractivity contribution in [1.29, 1.82) is 0 Å². The molecular formula is C10H15NOS. The minimum absolute atomic E-state index is 0.106. The second-order valence-corrected chi connectivity index (χ2v) is 3.84. The van der Waals surface area contributed by atoms with Crippen molar-refractivity contribution in [3.63, 3.8) is 0 Å². The number of hydrogen-bond acceptors (Lipinski definition) is 2. The highest BCUT2D eigenvalue weighted by molar-refractivity contribution is 7.80. The number of pyridine rings is 1. The van der Waals surface area contributed by atoms with Crippen LogP contribution in [0.4, 0.5) is 0 Å². The van der Waals surface area contributed by atoms with Gasteiger partial charge in [-0.05, 0) is 18.6 Å². The highest BCUT2D eigenvalue weighted by atomic mass is 32.1. The first-order valence-electron chi connectivity index (χ1n) is 4.41. The Kier molecular flexibility index (Phi) is 3.60. The van der Waals surface area contributed by atoms with E-state index in [-0.39, 0.29) is 5.43 Å². The molecule has 1 aromatic rings. The van der Waals surface area contributed by atoms with Gasteiger partial charge in [0.2, 0.25) is 0 Å². The van der Waals surface area contributed by atoms with Crippen molar-refractivity contribution >= 4 is 12.6 Å². The molecule has 0 N–H and O–H groups in total.